The Hall–Kier alpha value is -1.61. The highest BCUT2D eigenvalue weighted by Gasteiger charge is 2.29. The Morgan fingerprint density at radius 1 is 1.70 bits per heavy atom. The van der Waals surface area contributed by atoms with Gasteiger partial charge in [-0.05, 0) is 6.92 Å². The van der Waals surface area contributed by atoms with Gasteiger partial charge < -0.3 is 14.2 Å². The van der Waals surface area contributed by atoms with Crippen molar-refractivity contribution < 1.29 is 23.4 Å². The number of hydrogen-bond acceptors (Lipinski definition) is 7. The molecule has 110 valence electrons. The van der Waals surface area contributed by atoms with Crippen molar-refractivity contribution in [2.75, 3.05) is 19.5 Å². The summed E-state index contributed by atoms with van der Waals surface area (Å²) in [6.07, 6.45) is -0.376. The Morgan fingerprint density at radius 3 is 3.15 bits per heavy atom. The summed E-state index contributed by atoms with van der Waals surface area (Å²) in [4.78, 5) is 26.1. The van der Waals surface area contributed by atoms with Gasteiger partial charge in [0.2, 0.25) is 0 Å². The molecule has 1 aromatic heterocycles. The Bertz CT molecular complexity index is 564. The van der Waals surface area contributed by atoms with E-state index in [2.05, 4.69) is 9.72 Å². The topological polar surface area (TPSA) is 79.7 Å². The van der Waals surface area contributed by atoms with Gasteiger partial charge >= 0.3 is 11.8 Å². The summed E-state index contributed by atoms with van der Waals surface area (Å²) >= 11 is 1.35. The first-order valence-corrected chi connectivity index (χ1v) is 6.79. The lowest BCUT2D eigenvalue weighted by atomic mass is 10.4. The van der Waals surface area contributed by atoms with Crippen LogP contribution in [0.4, 0.5) is 9.18 Å². The number of aryl methyl sites for hydroxylation is 1. The summed E-state index contributed by atoms with van der Waals surface area (Å²) in [7, 11) is 1.20. The fraction of sp³-hybridized carbons (Fsp3) is 0.545. The molecule has 0 radical (unpaired) electrons. The zero-order chi connectivity index (χ0) is 14.7. The monoisotopic (exact) mass is 304 g/mol. The van der Waals surface area contributed by atoms with Crippen molar-refractivity contribution >= 4 is 17.9 Å². The average Bonchev–Trinajstić information content (AvgIpc) is 2.88. The van der Waals surface area contributed by atoms with Crippen molar-refractivity contribution in [3.63, 3.8) is 0 Å². The molecule has 0 aliphatic carbocycles. The number of nitrogens with zero attached hydrogens (tertiary/aromatic N) is 2. The predicted molar refractivity (Wildman–Crippen MR) is 67.9 cm³/mol. The molecule has 0 saturated carbocycles. The highest BCUT2D eigenvalue weighted by Crippen LogP contribution is 2.31. The van der Waals surface area contributed by atoms with Crippen LogP contribution in [0.25, 0.3) is 0 Å². The summed E-state index contributed by atoms with van der Waals surface area (Å²) in [5, 5.41) is 0. The van der Waals surface area contributed by atoms with Crippen LogP contribution < -0.4 is 5.69 Å². The third kappa shape index (κ3) is 3.28. The Balaban J connectivity index is 2.01. The van der Waals surface area contributed by atoms with Crippen LogP contribution in [0.2, 0.25) is 0 Å². The van der Waals surface area contributed by atoms with E-state index in [0.717, 1.165) is 10.8 Å². The Kier molecular flexibility index (Phi) is 4.61. The molecule has 20 heavy (non-hydrogen) atoms. The third-order valence-corrected chi connectivity index (χ3v) is 3.73. The molecule has 1 aliphatic heterocycles. The van der Waals surface area contributed by atoms with Crippen molar-refractivity contribution in [2.24, 2.45) is 0 Å². The van der Waals surface area contributed by atoms with Crippen LogP contribution in [-0.2, 0) is 14.2 Å². The minimum Gasteiger partial charge on any atom is -0.438 e. The lowest BCUT2D eigenvalue weighted by Crippen LogP contribution is -2.30. The lowest BCUT2D eigenvalue weighted by Gasteiger charge is -2.14. The minimum atomic E-state index is -0.808. The molecular formula is C11H13FN2O5S. The number of methoxy groups -OCH3 is 1. The van der Waals surface area contributed by atoms with Gasteiger partial charge in [0.05, 0.1) is 12.8 Å². The second-order valence-corrected chi connectivity index (χ2v) is 5.18. The van der Waals surface area contributed by atoms with E-state index < -0.39 is 29.3 Å². The van der Waals surface area contributed by atoms with Crippen molar-refractivity contribution in [2.45, 2.75) is 18.6 Å². The molecular weight excluding hydrogens is 291 g/mol. The van der Waals surface area contributed by atoms with Gasteiger partial charge in [0.15, 0.2) is 5.82 Å². The summed E-state index contributed by atoms with van der Waals surface area (Å²) in [6.45, 7) is 1.41. The molecule has 0 spiro atoms. The van der Waals surface area contributed by atoms with Crippen molar-refractivity contribution in [3.05, 3.63) is 28.2 Å². The predicted octanol–water partition coefficient (Wildman–Crippen LogP) is 1.06. The maximum Gasteiger partial charge on any atom is 0.508 e. The van der Waals surface area contributed by atoms with E-state index in [1.165, 1.54) is 25.8 Å². The van der Waals surface area contributed by atoms with Crippen LogP contribution in [0.15, 0.2) is 11.0 Å². The van der Waals surface area contributed by atoms with Gasteiger partial charge in [0.25, 0.3) is 0 Å². The second kappa shape index (κ2) is 6.23. The average molecular weight is 304 g/mol. The van der Waals surface area contributed by atoms with E-state index in [-0.39, 0.29) is 12.3 Å². The lowest BCUT2D eigenvalue weighted by molar-refractivity contribution is -0.0210. The molecule has 7 nitrogen and oxygen atoms in total. The summed E-state index contributed by atoms with van der Waals surface area (Å²) < 4.78 is 29.1. The molecule has 1 saturated heterocycles. The molecule has 0 aromatic carbocycles. The highest BCUT2D eigenvalue weighted by molar-refractivity contribution is 8.00. The fourth-order valence-electron chi connectivity index (χ4n) is 1.60. The van der Waals surface area contributed by atoms with Crippen LogP contribution >= 0.6 is 11.8 Å². The number of carbonyl (C=O) groups is 1. The van der Waals surface area contributed by atoms with E-state index in [4.69, 9.17) is 9.47 Å². The van der Waals surface area contributed by atoms with Gasteiger partial charge in [-0.3, -0.25) is 4.57 Å². The molecule has 0 amide bonds. The maximum absolute atomic E-state index is 13.4. The van der Waals surface area contributed by atoms with E-state index in [1.807, 2.05) is 0 Å². The normalized spacial score (nSPS) is 21.8. The molecule has 0 N–H and O–H groups in total. The molecule has 1 fully saturated rings. The van der Waals surface area contributed by atoms with Crippen molar-refractivity contribution in [1.82, 2.24) is 9.55 Å². The molecule has 2 atom stereocenters. The summed E-state index contributed by atoms with van der Waals surface area (Å²) in [5.41, 5.74) is -0.970. The first-order valence-electron chi connectivity index (χ1n) is 5.74. The maximum atomic E-state index is 13.4. The molecule has 1 aliphatic rings. The zero-order valence-corrected chi connectivity index (χ0v) is 11.7. The first kappa shape index (κ1) is 14.8. The Labute approximate surface area is 118 Å². The number of rotatable bonds is 3. The van der Waals surface area contributed by atoms with Crippen molar-refractivity contribution in [1.29, 1.82) is 0 Å². The fourth-order valence-corrected chi connectivity index (χ4v) is 2.59. The molecule has 9 heteroatoms. The van der Waals surface area contributed by atoms with Crippen LogP contribution in [0, 0.1) is 12.7 Å². The zero-order valence-electron chi connectivity index (χ0n) is 10.9. The van der Waals surface area contributed by atoms with Crippen LogP contribution in [0.1, 0.15) is 11.9 Å². The number of carbonyl (C=O) groups excluding carboxylic acids is 1. The number of aromatic nitrogens is 2. The van der Waals surface area contributed by atoms with E-state index in [1.54, 1.807) is 0 Å². The van der Waals surface area contributed by atoms with E-state index in [9.17, 15) is 14.0 Å². The van der Waals surface area contributed by atoms with Crippen molar-refractivity contribution in [3.8, 4) is 0 Å². The van der Waals surface area contributed by atoms with Gasteiger partial charge in [0.1, 0.15) is 18.3 Å². The smallest absolute Gasteiger partial charge is 0.438 e. The standard InChI is InChI=1S/C11H13FN2O5S/c1-6-7(12)3-14(10(15)13-6)8-5-20-9(19-8)4-18-11(16)17-2/h3,8-9H,4-5H2,1-2H3/t8-,9+/m0/s1. The molecule has 1 aromatic rings. The first-order chi connectivity index (χ1) is 9.51. The molecule has 2 rings (SSSR count). The van der Waals surface area contributed by atoms with Gasteiger partial charge in [-0.1, -0.05) is 0 Å². The molecule has 0 unspecified atom stereocenters. The van der Waals surface area contributed by atoms with Crippen LogP contribution in [-0.4, -0.2) is 40.6 Å². The van der Waals surface area contributed by atoms with E-state index in [0.29, 0.717) is 5.75 Å². The SMILES string of the molecule is COC(=O)OC[C@@H]1O[C@H](n2cc(F)c(C)nc2=O)CS1. The van der Waals surface area contributed by atoms with Crippen LogP contribution in [0.3, 0.4) is 0 Å². The Morgan fingerprint density at radius 2 is 2.45 bits per heavy atom. The highest BCUT2D eigenvalue weighted by atomic mass is 32.2. The minimum absolute atomic E-state index is 0.00956. The molecule has 2 heterocycles. The summed E-state index contributed by atoms with van der Waals surface area (Å²) in [5.74, 6) is -0.147. The third-order valence-electron chi connectivity index (χ3n) is 2.63. The number of halogens is 1. The van der Waals surface area contributed by atoms with Gasteiger partial charge in [-0.25, -0.2) is 14.0 Å². The number of thioether (sulfide) groups is 1. The van der Waals surface area contributed by atoms with E-state index >= 15 is 0 Å². The number of ether oxygens (including phenoxy) is 3. The number of hydrogen-bond donors (Lipinski definition) is 0. The van der Waals surface area contributed by atoms with Crippen LogP contribution in [0.5, 0.6) is 0 Å². The molecule has 0 bridgehead atoms. The second-order valence-electron chi connectivity index (χ2n) is 3.98. The van der Waals surface area contributed by atoms with Gasteiger partial charge in [-0.15, -0.1) is 11.8 Å². The largest absolute Gasteiger partial charge is 0.508 e. The summed E-state index contributed by atoms with van der Waals surface area (Å²) in [6, 6.07) is 0. The van der Waals surface area contributed by atoms with Gasteiger partial charge in [-0.2, -0.15) is 4.98 Å². The quantitative estimate of drug-likeness (QED) is 0.772. The van der Waals surface area contributed by atoms with Gasteiger partial charge in [0, 0.05) is 11.9 Å².